The van der Waals surface area contributed by atoms with Gasteiger partial charge in [-0.3, -0.25) is 9.38 Å². The molecule has 0 saturated carbocycles. The van der Waals surface area contributed by atoms with Crippen molar-refractivity contribution >= 4 is 11.6 Å². The molecule has 0 amide bonds. The first-order valence-electron chi connectivity index (χ1n) is 9.91. The molecule has 5 rings (SSSR count). The van der Waals surface area contributed by atoms with Gasteiger partial charge in [0.25, 0.3) is 0 Å². The molecule has 0 spiro atoms. The second kappa shape index (κ2) is 7.95. The van der Waals surface area contributed by atoms with Gasteiger partial charge in [0.2, 0.25) is 0 Å². The third kappa shape index (κ3) is 3.35. The third-order valence-electron chi connectivity index (χ3n) is 4.91. The van der Waals surface area contributed by atoms with E-state index in [1.807, 2.05) is 42.5 Å². The predicted octanol–water partition coefficient (Wildman–Crippen LogP) is 3.58. The van der Waals surface area contributed by atoms with Crippen LogP contribution in [0.5, 0.6) is 0 Å². The number of hydrogen-bond acceptors (Lipinski definition) is 7. The van der Waals surface area contributed by atoms with Crippen molar-refractivity contribution in [3.8, 4) is 33.8 Å². The van der Waals surface area contributed by atoms with Gasteiger partial charge in [-0.1, -0.05) is 35.5 Å². The van der Waals surface area contributed by atoms with Crippen molar-refractivity contribution in [1.29, 1.82) is 0 Å². The molecule has 9 heteroatoms. The number of H-pyrrole nitrogens is 1. The minimum atomic E-state index is -0.590. The zero-order valence-corrected chi connectivity index (χ0v) is 17.0. The molecule has 1 aromatic carbocycles. The van der Waals surface area contributed by atoms with Crippen LogP contribution in [0.3, 0.4) is 0 Å². The Bertz CT molecular complexity index is 1470. The smallest absolute Gasteiger partial charge is 0.360 e. The average molecular weight is 427 g/mol. The van der Waals surface area contributed by atoms with E-state index in [0.717, 1.165) is 16.7 Å². The molecule has 4 heterocycles. The summed E-state index contributed by atoms with van der Waals surface area (Å²) >= 11 is 0. The van der Waals surface area contributed by atoms with Crippen molar-refractivity contribution < 1.29 is 14.1 Å². The van der Waals surface area contributed by atoms with Crippen LogP contribution in [0.25, 0.3) is 39.5 Å². The van der Waals surface area contributed by atoms with E-state index < -0.39 is 5.97 Å². The summed E-state index contributed by atoms with van der Waals surface area (Å²) in [5.41, 5.74) is 3.51. The van der Waals surface area contributed by atoms with Crippen molar-refractivity contribution in [2.45, 2.75) is 6.92 Å². The van der Waals surface area contributed by atoms with Crippen molar-refractivity contribution in [1.82, 2.24) is 24.5 Å². The molecule has 0 atom stereocenters. The Labute approximate surface area is 181 Å². The summed E-state index contributed by atoms with van der Waals surface area (Å²) in [4.78, 5) is 36.6. The van der Waals surface area contributed by atoms with Gasteiger partial charge >= 0.3 is 11.7 Å². The van der Waals surface area contributed by atoms with E-state index >= 15 is 0 Å². The third-order valence-corrected chi connectivity index (χ3v) is 4.91. The summed E-state index contributed by atoms with van der Waals surface area (Å²) in [7, 11) is 0. The number of pyridine rings is 1. The summed E-state index contributed by atoms with van der Waals surface area (Å²) in [5.74, 6) is -0.342. The highest BCUT2D eigenvalue weighted by Gasteiger charge is 2.21. The topological polar surface area (TPSA) is 115 Å². The summed E-state index contributed by atoms with van der Waals surface area (Å²) in [6, 6.07) is 14.7. The zero-order chi connectivity index (χ0) is 22.1. The van der Waals surface area contributed by atoms with E-state index in [0.29, 0.717) is 17.0 Å². The van der Waals surface area contributed by atoms with Crippen molar-refractivity contribution in [2.24, 2.45) is 0 Å². The molecule has 32 heavy (non-hydrogen) atoms. The fraction of sp³-hybridized carbons (Fsp3) is 0.0870. The summed E-state index contributed by atoms with van der Waals surface area (Å²) in [6.07, 6.45) is 4.90. The zero-order valence-electron chi connectivity index (χ0n) is 17.0. The number of carbonyl (C=O) groups excluding carboxylic acids is 1. The highest BCUT2D eigenvalue weighted by molar-refractivity contribution is 5.91. The van der Waals surface area contributed by atoms with Gasteiger partial charge in [-0.25, -0.2) is 14.6 Å². The molecule has 1 N–H and O–H groups in total. The van der Waals surface area contributed by atoms with Crippen molar-refractivity contribution in [3.63, 3.8) is 0 Å². The van der Waals surface area contributed by atoms with E-state index in [1.54, 1.807) is 25.5 Å². The highest BCUT2D eigenvalue weighted by atomic mass is 16.5. The van der Waals surface area contributed by atoms with Gasteiger partial charge in [-0.05, 0) is 30.2 Å². The van der Waals surface area contributed by atoms with Crippen LogP contribution in [-0.4, -0.2) is 37.1 Å². The number of fused-ring (bicyclic) bond motifs is 1. The summed E-state index contributed by atoms with van der Waals surface area (Å²) in [5, 5.41) is 3.76. The number of ether oxygens (including phenoxy) is 1. The number of nitrogens with one attached hydrogen (secondary N) is 1. The van der Waals surface area contributed by atoms with Crippen LogP contribution in [0.1, 0.15) is 17.4 Å². The number of aromatic amines is 1. The lowest BCUT2D eigenvalue weighted by Crippen LogP contribution is -2.17. The van der Waals surface area contributed by atoms with E-state index in [4.69, 9.17) is 9.26 Å². The minimum absolute atomic E-state index is 0.0344. The van der Waals surface area contributed by atoms with Crippen LogP contribution >= 0.6 is 0 Å². The van der Waals surface area contributed by atoms with E-state index in [2.05, 4.69) is 20.1 Å². The number of imidazole rings is 1. The van der Waals surface area contributed by atoms with Crippen LogP contribution in [0.4, 0.5) is 0 Å². The SMILES string of the molecule is CCOC(=O)c1cc(-c2cn3c(=O)[nH]c(-c4ccccc4)c(-c4ccncc4)c3n2)on1. The Kier molecular flexibility index (Phi) is 4.83. The first kappa shape index (κ1) is 19.4. The molecule has 4 aromatic heterocycles. The van der Waals surface area contributed by atoms with Crippen molar-refractivity contribution in [2.75, 3.05) is 6.61 Å². The Morgan fingerprint density at radius 1 is 1.12 bits per heavy atom. The van der Waals surface area contributed by atoms with Gasteiger partial charge in [0, 0.05) is 30.2 Å². The van der Waals surface area contributed by atoms with Crippen LogP contribution in [-0.2, 0) is 4.74 Å². The van der Waals surface area contributed by atoms with E-state index in [-0.39, 0.29) is 23.8 Å². The van der Waals surface area contributed by atoms with Crippen LogP contribution in [0, 0.1) is 0 Å². The maximum absolute atomic E-state index is 12.9. The molecule has 0 aliphatic heterocycles. The Balaban J connectivity index is 1.73. The normalized spacial score (nSPS) is 11.0. The van der Waals surface area contributed by atoms with Gasteiger partial charge in [0.1, 0.15) is 5.69 Å². The fourth-order valence-corrected chi connectivity index (χ4v) is 3.48. The minimum Gasteiger partial charge on any atom is -0.461 e. The molecule has 0 saturated heterocycles. The number of aromatic nitrogens is 5. The summed E-state index contributed by atoms with van der Waals surface area (Å²) < 4.78 is 11.7. The number of rotatable bonds is 5. The summed E-state index contributed by atoms with van der Waals surface area (Å²) in [6.45, 7) is 1.93. The first-order valence-corrected chi connectivity index (χ1v) is 9.91. The fourth-order valence-electron chi connectivity index (χ4n) is 3.48. The quantitative estimate of drug-likeness (QED) is 0.426. The van der Waals surface area contributed by atoms with Crippen LogP contribution in [0.2, 0.25) is 0 Å². The van der Waals surface area contributed by atoms with Gasteiger partial charge in [0.15, 0.2) is 17.1 Å². The number of hydrogen-bond donors (Lipinski definition) is 1. The van der Waals surface area contributed by atoms with Gasteiger partial charge in [-0.15, -0.1) is 0 Å². The van der Waals surface area contributed by atoms with Gasteiger partial charge in [0.05, 0.1) is 12.3 Å². The predicted molar refractivity (Wildman–Crippen MR) is 116 cm³/mol. The second-order valence-corrected chi connectivity index (χ2v) is 6.90. The maximum atomic E-state index is 12.9. The molecule has 0 fully saturated rings. The van der Waals surface area contributed by atoms with Crippen LogP contribution in [0.15, 0.2) is 76.4 Å². The average Bonchev–Trinajstić information content (AvgIpc) is 3.48. The molecule has 0 aliphatic carbocycles. The number of esters is 1. The Morgan fingerprint density at radius 2 is 1.91 bits per heavy atom. The first-order chi connectivity index (χ1) is 15.7. The number of nitrogens with zero attached hydrogens (tertiary/aromatic N) is 4. The largest absolute Gasteiger partial charge is 0.461 e. The Hall–Kier alpha value is -4.53. The van der Waals surface area contributed by atoms with E-state index in [1.165, 1.54) is 10.5 Å². The molecular weight excluding hydrogens is 410 g/mol. The lowest BCUT2D eigenvalue weighted by atomic mass is 10.0. The Morgan fingerprint density at radius 3 is 2.66 bits per heavy atom. The molecule has 158 valence electrons. The lowest BCUT2D eigenvalue weighted by molar-refractivity contribution is 0.0514. The van der Waals surface area contributed by atoms with Gasteiger partial charge in [-0.2, -0.15) is 0 Å². The molecule has 5 aromatic rings. The van der Waals surface area contributed by atoms with Gasteiger partial charge < -0.3 is 14.2 Å². The molecule has 0 bridgehead atoms. The molecule has 0 unspecified atom stereocenters. The number of carbonyl (C=O) groups is 1. The molecule has 9 nitrogen and oxygen atoms in total. The van der Waals surface area contributed by atoms with Crippen LogP contribution < -0.4 is 5.69 Å². The highest BCUT2D eigenvalue weighted by Crippen LogP contribution is 2.33. The second-order valence-electron chi connectivity index (χ2n) is 6.90. The van der Waals surface area contributed by atoms with Crippen molar-refractivity contribution in [3.05, 3.63) is 83.3 Å². The molecule has 0 radical (unpaired) electrons. The lowest BCUT2D eigenvalue weighted by Gasteiger charge is -2.11. The van der Waals surface area contributed by atoms with E-state index in [9.17, 15) is 9.59 Å². The standard InChI is InChI=1S/C23H17N5O4/c1-2-31-22(29)16-12-18(32-27-16)17-13-28-21(25-17)19(14-8-10-24-11-9-14)20(26-23(28)30)15-6-4-3-5-7-15/h3-13H,2H2,1H3,(H,26,30). The molecule has 0 aliphatic rings. The molecular formula is C23H17N5O4. The number of benzene rings is 1. The monoisotopic (exact) mass is 427 g/mol. The maximum Gasteiger partial charge on any atom is 0.360 e.